The van der Waals surface area contributed by atoms with E-state index in [1.807, 2.05) is 6.07 Å². The Bertz CT molecular complexity index is 469. The maximum atomic E-state index is 5.88. The minimum atomic E-state index is 0.297. The van der Waals surface area contributed by atoms with Crippen molar-refractivity contribution in [3.8, 4) is 0 Å². The van der Waals surface area contributed by atoms with Gasteiger partial charge in [-0.05, 0) is 23.1 Å². The average molecular weight is 267 g/mol. The van der Waals surface area contributed by atoms with Crippen molar-refractivity contribution in [3.05, 3.63) is 45.4 Å². The van der Waals surface area contributed by atoms with Crippen molar-refractivity contribution in [2.45, 2.75) is 26.2 Å². The fraction of sp³-hybridized carbons (Fsp3) is 0.385. The van der Waals surface area contributed by atoms with Crippen LogP contribution in [0.4, 0.5) is 0 Å². The van der Waals surface area contributed by atoms with Crippen molar-refractivity contribution >= 4 is 22.9 Å². The molecule has 0 aliphatic heterocycles. The Morgan fingerprint density at radius 3 is 2.47 bits per heavy atom. The first-order valence-electron chi connectivity index (χ1n) is 5.76. The summed E-state index contributed by atoms with van der Waals surface area (Å²) in [6, 6.07) is 10.4. The molecule has 0 amide bonds. The molecule has 2 atom stereocenters. The van der Waals surface area contributed by atoms with Gasteiger partial charge in [-0.1, -0.05) is 61.9 Å². The Kier molecular flexibility index (Phi) is 4.13. The first-order valence-corrected chi connectivity index (χ1v) is 6.95. The second-order valence-electron chi connectivity index (χ2n) is 4.17. The van der Waals surface area contributed by atoms with Crippen LogP contribution >= 0.6 is 22.9 Å². The van der Waals surface area contributed by atoms with Gasteiger partial charge in [0.1, 0.15) is 5.01 Å². The number of hydrogen-bond acceptors (Lipinski definition) is 3. The standard InChI is InChI=1S/C13H15ClN2S/c1-3-9(2)11(10-7-5-4-6-8-10)12-15-16-13(14)17-12/h4-9,11H,3H2,1-2H3. The van der Waals surface area contributed by atoms with Gasteiger partial charge in [0, 0.05) is 5.92 Å². The van der Waals surface area contributed by atoms with E-state index in [1.54, 1.807) is 0 Å². The van der Waals surface area contributed by atoms with E-state index >= 15 is 0 Å². The van der Waals surface area contributed by atoms with Crippen LogP contribution in [0.25, 0.3) is 0 Å². The Morgan fingerprint density at radius 2 is 1.94 bits per heavy atom. The molecule has 17 heavy (non-hydrogen) atoms. The molecule has 0 saturated heterocycles. The lowest BCUT2D eigenvalue weighted by Crippen LogP contribution is -2.10. The summed E-state index contributed by atoms with van der Waals surface area (Å²) >= 11 is 7.36. The molecule has 0 bridgehead atoms. The topological polar surface area (TPSA) is 25.8 Å². The summed E-state index contributed by atoms with van der Waals surface area (Å²) in [7, 11) is 0. The predicted octanol–water partition coefficient (Wildman–Crippen LogP) is 4.37. The Hall–Kier alpha value is -0.930. The van der Waals surface area contributed by atoms with Crippen LogP contribution in [-0.2, 0) is 0 Å². The fourth-order valence-corrected chi connectivity index (χ4v) is 3.06. The number of halogens is 1. The van der Waals surface area contributed by atoms with Gasteiger partial charge in [0.2, 0.25) is 4.47 Å². The lowest BCUT2D eigenvalue weighted by Gasteiger charge is -2.20. The molecule has 0 aliphatic rings. The molecule has 0 spiro atoms. The van der Waals surface area contributed by atoms with Gasteiger partial charge >= 0.3 is 0 Å². The van der Waals surface area contributed by atoms with E-state index in [2.05, 4.69) is 48.3 Å². The number of rotatable bonds is 4. The Balaban J connectivity index is 2.39. The molecule has 1 aromatic heterocycles. The van der Waals surface area contributed by atoms with Gasteiger partial charge < -0.3 is 0 Å². The molecule has 0 N–H and O–H groups in total. The zero-order chi connectivity index (χ0) is 12.3. The third-order valence-corrected chi connectivity index (χ3v) is 4.16. The highest BCUT2D eigenvalue weighted by Gasteiger charge is 2.23. The van der Waals surface area contributed by atoms with Crippen molar-refractivity contribution in [2.24, 2.45) is 5.92 Å². The van der Waals surface area contributed by atoms with Gasteiger partial charge in [0.05, 0.1) is 0 Å². The predicted molar refractivity (Wildman–Crippen MR) is 72.7 cm³/mol. The largest absolute Gasteiger partial charge is 0.207 e. The van der Waals surface area contributed by atoms with Crippen LogP contribution < -0.4 is 0 Å². The quantitative estimate of drug-likeness (QED) is 0.821. The number of hydrogen-bond donors (Lipinski definition) is 0. The molecule has 2 rings (SSSR count). The lowest BCUT2D eigenvalue weighted by atomic mass is 9.86. The van der Waals surface area contributed by atoms with Gasteiger partial charge in [0.25, 0.3) is 0 Å². The summed E-state index contributed by atoms with van der Waals surface area (Å²) in [6.07, 6.45) is 1.11. The summed E-state index contributed by atoms with van der Waals surface area (Å²) < 4.78 is 0.518. The van der Waals surface area contributed by atoms with Crippen LogP contribution in [0.15, 0.2) is 30.3 Å². The first-order chi connectivity index (χ1) is 8.22. The van der Waals surface area contributed by atoms with Gasteiger partial charge in [-0.25, -0.2) is 0 Å². The normalized spacial score (nSPS) is 14.5. The van der Waals surface area contributed by atoms with Crippen molar-refractivity contribution in [3.63, 3.8) is 0 Å². The molecule has 90 valence electrons. The second kappa shape index (κ2) is 5.61. The molecule has 0 fully saturated rings. The Morgan fingerprint density at radius 1 is 1.24 bits per heavy atom. The molecule has 1 heterocycles. The van der Waals surface area contributed by atoms with E-state index in [0.717, 1.165) is 11.4 Å². The van der Waals surface area contributed by atoms with Gasteiger partial charge in [-0.3, -0.25) is 0 Å². The smallest absolute Gasteiger partial charge is 0.142 e. The summed E-state index contributed by atoms with van der Waals surface area (Å²) in [5, 5.41) is 9.12. The van der Waals surface area contributed by atoms with Crippen LogP contribution in [0.5, 0.6) is 0 Å². The highest BCUT2D eigenvalue weighted by atomic mass is 35.5. The number of benzene rings is 1. The second-order valence-corrected chi connectivity index (χ2v) is 5.76. The van der Waals surface area contributed by atoms with Crippen LogP contribution in [-0.4, -0.2) is 10.2 Å². The van der Waals surface area contributed by atoms with Crippen molar-refractivity contribution in [1.82, 2.24) is 10.2 Å². The number of nitrogens with zero attached hydrogens (tertiary/aromatic N) is 2. The van der Waals surface area contributed by atoms with Gasteiger partial charge in [-0.15, -0.1) is 10.2 Å². The van der Waals surface area contributed by atoms with E-state index < -0.39 is 0 Å². The van der Waals surface area contributed by atoms with Crippen LogP contribution in [0.3, 0.4) is 0 Å². The summed E-state index contributed by atoms with van der Waals surface area (Å²) in [4.78, 5) is 0. The highest BCUT2D eigenvalue weighted by molar-refractivity contribution is 7.15. The zero-order valence-corrected chi connectivity index (χ0v) is 11.5. The van der Waals surface area contributed by atoms with Crippen molar-refractivity contribution in [2.75, 3.05) is 0 Å². The summed E-state index contributed by atoms with van der Waals surface area (Å²) in [6.45, 7) is 4.44. The van der Waals surface area contributed by atoms with Crippen LogP contribution in [0, 0.1) is 5.92 Å². The third kappa shape index (κ3) is 2.85. The summed E-state index contributed by atoms with van der Waals surface area (Å²) in [5.41, 5.74) is 1.29. The van der Waals surface area contributed by atoms with E-state index in [0.29, 0.717) is 16.3 Å². The molecule has 0 aliphatic carbocycles. The molecular formula is C13H15ClN2S. The molecule has 2 unspecified atom stereocenters. The van der Waals surface area contributed by atoms with E-state index in [4.69, 9.17) is 11.6 Å². The van der Waals surface area contributed by atoms with Gasteiger partial charge in [-0.2, -0.15) is 0 Å². The third-order valence-electron chi connectivity index (χ3n) is 3.05. The summed E-state index contributed by atoms with van der Waals surface area (Å²) in [5.74, 6) is 0.826. The van der Waals surface area contributed by atoms with Crippen molar-refractivity contribution in [1.29, 1.82) is 0 Å². The molecule has 0 saturated carbocycles. The molecule has 4 heteroatoms. The van der Waals surface area contributed by atoms with Crippen LogP contribution in [0.2, 0.25) is 4.47 Å². The molecule has 0 radical (unpaired) electrons. The maximum Gasteiger partial charge on any atom is 0.207 e. The van der Waals surface area contributed by atoms with Crippen LogP contribution in [0.1, 0.15) is 36.8 Å². The monoisotopic (exact) mass is 266 g/mol. The molecule has 1 aromatic carbocycles. The van der Waals surface area contributed by atoms with E-state index in [-0.39, 0.29) is 0 Å². The minimum absolute atomic E-state index is 0.297. The molecule has 2 nitrogen and oxygen atoms in total. The number of aromatic nitrogens is 2. The maximum absolute atomic E-state index is 5.88. The fourth-order valence-electron chi connectivity index (χ4n) is 1.95. The SMILES string of the molecule is CCC(C)C(c1ccccc1)c1nnc(Cl)s1. The first kappa shape index (κ1) is 12.5. The average Bonchev–Trinajstić information content (AvgIpc) is 2.77. The van der Waals surface area contributed by atoms with E-state index in [1.165, 1.54) is 16.9 Å². The molecular weight excluding hydrogens is 252 g/mol. The highest BCUT2D eigenvalue weighted by Crippen LogP contribution is 2.36. The minimum Gasteiger partial charge on any atom is -0.142 e. The van der Waals surface area contributed by atoms with Gasteiger partial charge in [0.15, 0.2) is 0 Å². The van der Waals surface area contributed by atoms with Crippen molar-refractivity contribution < 1.29 is 0 Å². The lowest BCUT2D eigenvalue weighted by molar-refractivity contribution is 0.492. The molecule has 2 aromatic rings. The zero-order valence-electron chi connectivity index (χ0n) is 9.93. The Labute approximate surface area is 111 Å². The van der Waals surface area contributed by atoms with E-state index in [9.17, 15) is 0 Å².